The molecule has 0 aliphatic carbocycles. The minimum Gasteiger partial charge on any atom is -0.341 e. The molecule has 1 aromatic carbocycles. The smallest absolute Gasteiger partial charge is 0.253 e. The van der Waals surface area contributed by atoms with Gasteiger partial charge in [0.05, 0.1) is 4.90 Å². The molecule has 0 atom stereocenters. The van der Waals surface area contributed by atoms with Crippen LogP contribution in [0.2, 0.25) is 0 Å². The van der Waals surface area contributed by atoms with E-state index in [9.17, 15) is 13.2 Å². The fourth-order valence-corrected chi connectivity index (χ4v) is 2.54. The van der Waals surface area contributed by atoms with Crippen LogP contribution in [0.4, 0.5) is 0 Å². The first-order valence-electron chi connectivity index (χ1n) is 6.31. The standard InChI is InChI=1S/C14H22N2O3S/c1-10-6-7-11(20(15,18)19)8-12(10)13(17)16(5)9-14(2,3)4/h6-8H,9H2,1-5H3,(H2,15,18,19). The Morgan fingerprint density at radius 2 is 1.85 bits per heavy atom. The summed E-state index contributed by atoms with van der Waals surface area (Å²) in [5, 5.41) is 5.10. The van der Waals surface area contributed by atoms with Crippen LogP contribution in [-0.4, -0.2) is 32.8 Å². The van der Waals surface area contributed by atoms with Crippen LogP contribution in [0.5, 0.6) is 0 Å². The fourth-order valence-electron chi connectivity index (χ4n) is 2.00. The summed E-state index contributed by atoms with van der Waals surface area (Å²) >= 11 is 0. The van der Waals surface area contributed by atoms with Gasteiger partial charge >= 0.3 is 0 Å². The maximum Gasteiger partial charge on any atom is 0.253 e. The van der Waals surface area contributed by atoms with Crippen LogP contribution < -0.4 is 5.14 Å². The van der Waals surface area contributed by atoms with Gasteiger partial charge in [0.1, 0.15) is 0 Å². The van der Waals surface area contributed by atoms with Crippen LogP contribution in [0.15, 0.2) is 23.1 Å². The molecule has 0 aliphatic heterocycles. The minimum atomic E-state index is -3.81. The van der Waals surface area contributed by atoms with E-state index in [0.29, 0.717) is 12.1 Å². The molecule has 2 N–H and O–H groups in total. The zero-order valence-electron chi connectivity index (χ0n) is 12.6. The lowest BCUT2D eigenvalue weighted by Gasteiger charge is -2.27. The number of primary sulfonamides is 1. The van der Waals surface area contributed by atoms with E-state index in [4.69, 9.17) is 5.14 Å². The van der Waals surface area contributed by atoms with E-state index >= 15 is 0 Å². The van der Waals surface area contributed by atoms with Crippen molar-refractivity contribution in [3.8, 4) is 0 Å². The molecule has 1 aromatic rings. The highest BCUT2D eigenvalue weighted by atomic mass is 32.2. The van der Waals surface area contributed by atoms with Gasteiger partial charge in [-0.3, -0.25) is 4.79 Å². The summed E-state index contributed by atoms with van der Waals surface area (Å²) in [4.78, 5) is 14.0. The van der Waals surface area contributed by atoms with Crippen molar-refractivity contribution >= 4 is 15.9 Å². The number of rotatable bonds is 3. The van der Waals surface area contributed by atoms with E-state index in [1.54, 1.807) is 24.9 Å². The molecule has 0 saturated heterocycles. The van der Waals surface area contributed by atoms with Crippen molar-refractivity contribution in [2.24, 2.45) is 10.6 Å². The first-order chi connectivity index (χ1) is 8.92. The highest BCUT2D eigenvalue weighted by Crippen LogP contribution is 2.19. The summed E-state index contributed by atoms with van der Waals surface area (Å²) in [6.07, 6.45) is 0. The van der Waals surface area contributed by atoms with Crippen molar-refractivity contribution in [2.75, 3.05) is 13.6 Å². The summed E-state index contributed by atoms with van der Waals surface area (Å²) in [5.41, 5.74) is 1.06. The van der Waals surface area contributed by atoms with Crippen molar-refractivity contribution in [3.05, 3.63) is 29.3 Å². The van der Waals surface area contributed by atoms with E-state index in [1.807, 2.05) is 20.8 Å². The Balaban J connectivity index is 3.16. The molecule has 112 valence electrons. The quantitative estimate of drug-likeness (QED) is 0.923. The van der Waals surface area contributed by atoms with Crippen molar-refractivity contribution in [3.63, 3.8) is 0 Å². The number of sulfonamides is 1. The Morgan fingerprint density at radius 3 is 2.30 bits per heavy atom. The van der Waals surface area contributed by atoms with Gasteiger partial charge in [0.2, 0.25) is 10.0 Å². The molecule has 0 fully saturated rings. The first-order valence-corrected chi connectivity index (χ1v) is 7.85. The second-order valence-corrected chi connectivity index (χ2v) is 7.81. The molecule has 0 radical (unpaired) electrons. The van der Waals surface area contributed by atoms with Crippen molar-refractivity contribution in [1.29, 1.82) is 0 Å². The summed E-state index contributed by atoms with van der Waals surface area (Å²) in [5.74, 6) is -0.206. The topological polar surface area (TPSA) is 80.5 Å². The summed E-state index contributed by atoms with van der Waals surface area (Å²) in [6.45, 7) is 8.44. The molecule has 0 unspecified atom stereocenters. The molecule has 5 nitrogen and oxygen atoms in total. The molecule has 20 heavy (non-hydrogen) atoms. The molecule has 1 rings (SSSR count). The van der Waals surface area contributed by atoms with Gasteiger partial charge in [0.25, 0.3) is 5.91 Å². The van der Waals surface area contributed by atoms with E-state index in [1.165, 1.54) is 12.1 Å². The van der Waals surface area contributed by atoms with Crippen LogP contribution in [0.25, 0.3) is 0 Å². The van der Waals surface area contributed by atoms with Gasteiger partial charge in [0, 0.05) is 19.2 Å². The van der Waals surface area contributed by atoms with Gasteiger partial charge in [-0.15, -0.1) is 0 Å². The highest BCUT2D eigenvalue weighted by Gasteiger charge is 2.21. The van der Waals surface area contributed by atoms with Gasteiger partial charge in [0.15, 0.2) is 0 Å². The zero-order chi connectivity index (χ0) is 15.7. The monoisotopic (exact) mass is 298 g/mol. The second kappa shape index (κ2) is 5.54. The fraction of sp³-hybridized carbons (Fsp3) is 0.500. The van der Waals surface area contributed by atoms with Gasteiger partial charge < -0.3 is 4.90 Å². The minimum absolute atomic E-state index is 0.0319. The third-order valence-corrected chi connectivity index (χ3v) is 3.74. The van der Waals surface area contributed by atoms with Gasteiger partial charge in [-0.05, 0) is 30.0 Å². The van der Waals surface area contributed by atoms with E-state index < -0.39 is 10.0 Å². The van der Waals surface area contributed by atoms with Crippen molar-refractivity contribution < 1.29 is 13.2 Å². The number of nitrogens with two attached hydrogens (primary N) is 1. The average Bonchev–Trinajstić information content (AvgIpc) is 2.24. The molecule has 0 spiro atoms. The van der Waals surface area contributed by atoms with Gasteiger partial charge in [-0.25, -0.2) is 13.6 Å². The number of amides is 1. The maximum absolute atomic E-state index is 12.4. The lowest BCUT2D eigenvalue weighted by molar-refractivity contribution is 0.0744. The van der Waals surface area contributed by atoms with E-state index in [0.717, 1.165) is 5.56 Å². The first kappa shape index (κ1) is 16.7. The molecule has 0 bridgehead atoms. The molecule has 0 aromatic heterocycles. The number of carbonyl (C=O) groups excluding carboxylic acids is 1. The Hall–Kier alpha value is -1.40. The maximum atomic E-state index is 12.4. The molecular formula is C14H22N2O3S. The van der Waals surface area contributed by atoms with Gasteiger partial charge in [-0.1, -0.05) is 26.8 Å². The molecule has 1 amide bonds. The van der Waals surface area contributed by atoms with E-state index in [2.05, 4.69) is 0 Å². The number of hydrogen-bond acceptors (Lipinski definition) is 3. The Kier molecular flexibility index (Phi) is 4.61. The largest absolute Gasteiger partial charge is 0.341 e. The summed E-state index contributed by atoms with van der Waals surface area (Å²) in [7, 11) is -2.10. The third-order valence-electron chi connectivity index (χ3n) is 2.83. The van der Waals surface area contributed by atoms with E-state index in [-0.39, 0.29) is 16.2 Å². The van der Waals surface area contributed by atoms with Crippen LogP contribution in [0.3, 0.4) is 0 Å². The Labute approximate surface area is 120 Å². The number of benzene rings is 1. The second-order valence-electron chi connectivity index (χ2n) is 6.24. The SMILES string of the molecule is Cc1ccc(S(N)(=O)=O)cc1C(=O)N(C)CC(C)(C)C. The third kappa shape index (κ3) is 4.31. The van der Waals surface area contributed by atoms with Gasteiger partial charge in [-0.2, -0.15) is 0 Å². The lowest BCUT2D eigenvalue weighted by Crippen LogP contribution is -2.35. The van der Waals surface area contributed by atoms with Crippen LogP contribution in [-0.2, 0) is 10.0 Å². The van der Waals surface area contributed by atoms with Crippen LogP contribution in [0, 0.1) is 12.3 Å². The Morgan fingerprint density at radius 1 is 1.30 bits per heavy atom. The molecule has 6 heteroatoms. The number of nitrogens with zero attached hydrogens (tertiary/aromatic N) is 1. The molecular weight excluding hydrogens is 276 g/mol. The highest BCUT2D eigenvalue weighted by molar-refractivity contribution is 7.89. The number of carbonyl (C=O) groups is 1. The predicted molar refractivity (Wildman–Crippen MR) is 79.0 cm³/mol. The number of aryl methyl sites for hydroxylation is 1. The van der Waals surface area contributed by atoms with Crippen LogP contribution >= 0.6 is 0 Å². The predicted octanol–water partition coefficient (Wildman–Crippen LogP) is 1.76. The molecule has 0 aliphatic rings. The normalized spacial score (nSPS) is 12.3. The lowest BCUT2D eigenvalue weighted by atomic mass is 9.96. The van der Waals surface area contributed by atoms with Crippen molar-refractivity contribution in [1.82, 2.24) is 4.90 Å². The van der Waals surface area contributed by atoms with Crippen LogP contribution in [0.1, 0.15) is 36.7 Å². The Bertz CT molecular complexity index is 616. The number of hydrogen-bond donors (Lipinski definition) is 1. The average molecular weight is 298 g/mol. The molecule has 0 heterocycles. The summed E-state index contributed by atoms with van der Waals surface area (Å²) < 4.78 is 22.7. The summed E-state index contributed by atoms with van der Waals surface area (Å²) in [6, 6.07) is 4.34. The molecule has 0 saturated carbocycles. The zero-order valence-corrected chi connectivity index (χ0v) is 13.4. The van der Waals surface area contributed by atoms with Crippen molar-refractivity contribution in [2.45, 2.75) is 32.6 Å².